The molecule has 0 aromatic carbocycles. The zero-order valence-corrected chi connectivity index (χ0v) is 6.34. The molecule has 2 N–H and O–H groups in total. The smallest absolute Gasteiger partial charge is 0.257 e. The summed E-state index contributed by atoms with van der Waals surface area (Å²) in [6.07, 6.45) is 0. The summed E-state index contributed by atoms with van der Waals surface area (Å²) in [5.41, 5.74) is 0. The number of hydrogen-bond donors (Lipinski definition) is 2. The number of rotatable bonds is 2. The first-order valence-electron chi connectivity index (χ1n) is 3.00. The summed E-state index contributed by atoms with van der Waals surface area (Å²) in [5, 5.41) is 12.8. The molecule has 0 aliphatic heterocycles. The van der Waals surface area contributed by atoms with E-state index in [9.17, 15) is 9.59 Å². The number of hydrogen-bond acceptors (Lipinski definition) is 3. The maximum absolute atomic E-state index is 10.7. The number of nitrogens with zero attached hydrogens (tertiary/aromatic N) is 1. The molecule has 60 valence electrons. The summed E-state index contributed by atoms with van der Waals surface area (Å²) in [7, 11) is 1.40. The molecule has 0 aromatic heterocycles. The standard InChI is InChI=1S/C6H9N3O2/c1-4(10)9-5(3-7)6(11)8-2/h5H,1-2H3,(H,8,11)(H,9,10). The van der Waals surface area contributed by atoms with Gasteiger partial charge in [0.05, 0.1) is 6.07 Å². The zero-order valence-electron chi connectivity index (χ0n) is 6.34. The highest BCUT2D eigenvalue weighted by molar-refractivity contribution is 5.88. The van der Waals surface area contributed by atoms with Gasteiger partial charge in [0.2, 0.25) is 5.91 Å². The maximum Gasteiger partial charge on any atom is 0.257 e. The topological polar surface area (TPSA) is 82.0 Å². The molecule has 0 saturated carbocycles. The maximum atomic E-state index is 10.7. The highest BCUT2D eigenvalue weighted by Crippen LogP contribution is 1.79. The molecule has 0 aliphatic rings. The molecule has 1 atom stereocenters. The quantitative estimate of drug-likeness (QED) is 0.523. The van der Waals surface area contributed by atoms with Crippen LogP contribution in [0.25, 0.3) is 0 Å². The molecule has 11 heavy (non-hydrogen) atoms. The van der Waals surface area contributed by atoms with Crippen molar-refractivity contribution in [2.45, 2.75) is 13.0 Å². The highest BCUT2D eigenvalue weighted by atomic mass is 16.2. The Balaban J connectivity index is 4.09. The Morgan fingerprint density at radius 1 is 1.55 bits per heavy atom. The molecule has 0 heterocycles. The summed E-state index contributed by atoms with van der Waals surface area (Å²) < 4.78 is 0. The Hall–Kier alpha value is -1.57. The molecule has 0 saturated heterocycles. The fraction of sp³-hybridized carbons (Fsp3) is 0.500. The van der Waals surface area contributed by atoms with E-state index < -0.39 is 17.9 Å². The third kappa shape index (κ3) is 3.20. The molecule has 0 bridgehead atoms. The lowest BCUT2D eigenvalue weighted by atomic mass is 10.3. The molecule has 1 unspecified atom stereocenters. The highest BCUT2D eigenvalue weighted by Gasteiger charge is 2.15. The Morgan fingerprint density at radius 2 is 2.09 bits per heavy atom. The van der Waals surface area contributed by atoms with Gasteiger partial charge in [-0.3, -0.25) is 9.59 Å². The first kappa shape index (κ1) is 9.43. The summed E-state index contributed by atoms with van der Waals surface area (Å²) >= 11 is 0. The monoisotopic (exact) mass is 155 g/mol. The van der Waals surface area contributed by atoms with Crippen molar-refractivity contribution in [2.24, 2.45) is 0 Å². The van der Waals surface area contributed by atoms with Crippen molar-refractivity contribution in [3.05, 3.63) is 0 Å². The second kappa shape index (κ2) is 4.28. The van der Waals surface area contributed by atoms with Crippen LogP contribution in [-0.4, -0.2) is 24.9 Å². The predicted octanol–water partition coefficient (Wildman–Crippen LogP) is -1.24. The first-order chi connectivity index (χ1) is 5.11. The largest absolute Gasteiger partial charge is 0.356 e. The van der Waals surface area contributed by atoms with Gasteiger partial charge in [-0.2, -0.15) is 5.26 Å². The lowest BCUT2D eigenvalue weighted by Crippen LogP contribution is -2.43. The van der Waals surface area contributed by atoms with E-state index in [1.54, 1.807) is 6.07 Å². The van der Waals surface area contributed by atoms with Crippen molar-refractivity contribution in [1.82, 2.24) is 10.6 Å². The van der Waals surface area contributed by atoms with Crippen LogP contribution in [-0.2, 0) is 9.59 Å². The molecule has 5 heteroatoms. The van der Waals surface area contributed by atoms with Crippen molar-refractivity contribution in [2.75, 3.05) is 7.05 Å². The van der Waals surface area contributed by atoms with Crippen LogP contribution in [0.4, 0.5) is 0 Å². The van der Waals surface area contributed by atoms with E-state index in [4.69, 9.17) is 5.26 Å². The number of nitriles is 1. The van der Waals surface area contributed by atoms with Gasteiger partial charge < -0.3 is 10.6 Å². The van der Waals surface area contributed by atoms with Gasteiger partial charge in [-0.25, -0.2) is 0 Å². The number of amides is 2. The molecule has 0 aliphatic carbocycles. The van der Waals surface area contributed by atoms with E-state index in [-0.39, 0.29) is 0 Å². The van der Waals surface area contributed by atoms with Crippen molar-refractivity contribution in [1.29, 1.82) is 5.26 Å². The lowest BCUT2D eigenvalue weighted by molar-refractivity contribution is -0.126. The van der Waals surface area contributed by atoms with E-state index in [2.05, 4.69) is 10.6 Å². The van der Waals surface area contributed by atoms with Crippen molar-refractivity contribution >= 4 is 11.8 Å². The van der Waals surface area contributed by atoms with Gasteiger partial charge >= 0.3 is 0 Å². The first-order valence-corrected chi connectivity index (χ1v) is 3.00. The van der Waals surface area contributed by atoms with Crippen LogP contribution in [0, 0.1) is 11.3 Å². The van der Waals surface area contributed by atoms with Crippen molar-refractivity contribution in [3.8, 4) is 6.07 Å². The fourth-order valence-corrected chi connectivity index (χ4v) is 0.504. The number of carbonyl (C=O) groups is 2. The van der Waals surface area contributed by atoms with Gasteiger partial charge in [-0.15, -0.1) is 0 Å². The van der Waals surface area contributed by atoms with Gasteiger partial charge in [0.1, 0.15) is 0 Å². The normalized spacial score (nSPS) is 11.0. The van der Waals surface area contributed by atoms with Gasteiger partial charge in [0, 0.05) is 14.0 Å². The van der Waals surface area contributed by atoms with Crippen LogP contribution in [0.5, 0.6) is 0 Å². The molecular weight excluding hydrogens is 146 g/mol. The van der Waals surface area contributed by atoms with Crippen LogP contribution >= 0.6 is 0 Å². The van der Waals surface area contributed by atoms with Crippen molar-refractivity contribution in [3.63, 3.8) is 0 Å². The van der Waals surface area contributed by atoms with Crippen LogP contribution in [0.15, 0.2) is 0 Å². The Morgan fingerprint density at radius 3 is 2.36 bits per heavy atom. The van der Waals surface area contributed by atoms with Gasteiger partial charge in [-0.05, 0) is 0 Å². The van der Waals surface area contributed by atoms with Gasteiger partial charge in [0.25, 0.3) is 5.91 Å². The van der Waals surface area contributed by atoms with Crippen LogP contribution in [0.2, 0.25) is 0 Å². The van der Waals surface area contributed by atoms with E-state index in [1.807, 2.05) is 0 Å². The third-order valence-corrected chi connectivity index (χ3v) is 0.985. The predicted molar refractivity (Wildman–Crippen MR) is 37.3 cm³/mol. The van der Waals surface area contributed by atoms with E-state index in [0.29, 0.717) is 0 Å². The van der Waals surface area contributed by atoms with E-state index in [0.717, 1.165) is 0 Å². The molecule has 5 nitrogen and oxygen atoms in total. The minimum atomic E-state index is -1.09. The molecule has 0 aromatic rings. The molecule has 0 radical (unpaired) electrons. The molecule has 0 rings (SSSR count). The minimum Gasteiger partial charge on any atom is -0.356 e. The SMILES string of the molecule is CNC(=O)C(C#N)NC(C)=O. The summed E-state index contributed by atoms with van der Waals surface area (Å²) in [5.74, 6) is -0.914. The molecule has 2 amide bonds. The summed E-state index contributed by atoms with van der Waals surface area (Å²) in [4.78, 5) is 21.1. The summed E-state index contributed by atoms with van der Waals surface area (Å²) in [6, 6.07) is 0.554. The van der Waals surface area contributed by atoms with Crippen LogP contribution < -0.4 is 10.6 Å². The number of nitrogens with one attached hydrogen (secondary N) is 2. The average molecular weight is 155 g/mol. The lowest BCUT2D eigenvalue weighted by Gasteiger charge is -2.06. The minimum absolute atomic E-state index is 0.403. The number of carbonyl (C=O) groups excluding carboxylic acids is 2. The Bertz CT molecular complexity index is 206. The van der Waals surface area contributed by atoms with Crippen LogP contribution in [0.1, 0.15) is 6.92 Å². The average Bonchev–Trinajstić information content (AvgIpc) is 1.98. The van der Waals surface area contributed by atoms with Crippen LogP contribution in [0.3, 0.4) is 0 Å². The molecule has 0 fully saturated rings. The second-order valence-corrected chi connectivity index (χ2v) is 1.88. The molecular formula is C6H9N3O2. The Labute approximate surface area is 64.4 Å². The number of likely N-dealkylation sites (N-methyl/N-ethyl adjacent to an activating group) is 1. The van der Waals surface area contributed by atoms with E-state index >= 15 is 0 Å². The third-order valence-electron chi connectivity index (χ3n) is 0.985. The Kier molecular flexibility index (Phi) is 3.67. The molecule has 0 spiro atoms. The fourth-order valence-electron chi connectivity index (χ4n) is 0.504. The second-order valence-electron chi connectivity index (χ2n) is 1.88. The van der Waals surface area contributed by atoms with E-state index in [1.165, 1.54) is 14.0 Å². The summed E-state index contributed by atoms with van der Waals surface area (Å²) in [6.45, 7) is 1.24. The van der Waals surface area contributed by atoms with Gasteiger partial charge in [0.15, 0.2) is 6.04 Å². The van der Waals surface area contributed by atoms with Crippen molar-refractivity contribution < 1.29 is 9.59 Å². The van der Waals surface area contributed by atoms with Gasteiger partial charge in [-0.1, -0.05) is 0 Å². The zero-order chi connectivity index (χ0) is 8.85.